The topological polar surface area (TPSA) is 50.3 Å². The highest BCUT2D eigenvalue weighted by atomic mass is 35.5. The Bertz CT molecular complexity index is 696. The van der Waals surface area contributed by atoms with Crippen LogP contribution in [-0.4, -0.2) is 16.7 Å². The van der Waals surface area contributed by atoms with Crippen LogP contribution in [0.15, 0.2) is 23.6 Å². The zero-order valence-electron chi connectivity index (χ0n) is 10.0. The summed E-state index contributed by atoms with van der Waals surface area (Å²) in [6, 6.07) is 4.84. The summed E-state index contributed by atoms with van der Waals surface area (Å²) in [6.07, 6.45) is 0. The molecule has 0 spiro atoms. The largest absolute Gasteiger partial charge is 0.299 e. The first-order valence-electron chi connectivity index (χ1n) is 5.63. The van der Waals surface area contributed by atoms with Gasteiger partial charge in [0.25, 0.3) is 11.7 Å². The van der Waals surface area contributed by atoms with Crippen molar-refractivity contribution < 1.29 is 9.59 Å². The van der Waals surface area contributed by atoms with Crippen molar-refractivity contribution in [1.29, 1.82) is 0 Å². The molecule has 6 heteroatoms. The van der Waals surface area contributed by atoms with Crippen molar-refractivity contribution in [1.82, 2.24) is 4.98 Å². The fourth-order valence-corrected chi connectivity index (χ4v) is 2.84. The van der Waals surface area contributed by atoms with Gasteiger partial charge in [0.05, 0.1) is 28.5 Å². The fraction of sp³-hybridized carbons (Fsp3) is 0.154. The molecule has 0 saturated heterocycles. The van der Waals surface area contributed by atoms with E-state index in [-0.39, 0.29) is 0 Å². The molecule has 0 bridgehead atoms. The van der Waals surface area contributed by atoms with Gasteiger partial charge in [-0.25, -0.2) is 4.98 Å². The van der Waals surface area contributed by atoms with E-state index in [4.69, 9.17) is 11.6 Å². The van der Waals surface area contributed by atoms with Crippen molar-refractivity contribution in [2.45, 2.75) is 13.5 Å². The van der Waals surface area contributed by atoms with Crippen LogP contribution in [0.5, 0.6) is 0 Å². The van der Waals surface area contributed by atoms with Gasteiger partial charge in [0.15, 0.2) is 0 Å². The summed E-state index contributed by atoms with van der Waals surface area (Å²) in [4.78, 5) is 29.6. The Morgan fingerprint density at radius 3 is 2.84 bits per heavy atom. The molecule has 2 heterocycles. The first kappa shape index (κ1) is 12.3. The standard InChI is InChI=1S/C13H9ClN2O2S/c1-7-15-9(6-19-7)5-16-11-4-8(14)2-3-10(11)12(17)13(16)18/h2-4,6H,5H2,1H3. The van der Waals surface area contributed by atoms with Crippen LogP contribution in [0.25, 0.3) is 0 Å². The van der Waals surface area contributed by atoms with Crippen molar-refractivity contribution in [2.24, 2.45) is 0 Å². The number of aromatic nitrogens is 1. The van der Waals surface area contributed by atoms with Gasteiger partial charge in [-0.05, 0) is 25.1 Å². The number of amides is 1. The summed E-state index contributed by atoms with van der Waals surface area (Å²) in [7, 11) is 0. The molecule has 0 N–H and O–H groups in total. The SMILES string of the molecule is Cc1nc(CN2C(=O)C(=O)c3ccc(Cl)cc32)cs1. The number of hydrogen-bond acceptors (Lipinski definition) is 4. The quantitative estimate of drug-likeness (QED) is 0.800. The number of hydrogen-bond donors (Lipinski definition) is 0. The van der Waals surface area contributed by atoms with Crippen LogP contribution >= 0.6 is 22.9 Å². The van der Waals surface area contributed by atoms with Crippen LogP contribution in [0.3, 0.4) is 0 Å². The molecule has 0 radical (unpaired) electrons. The minimum atomic E-state index is -0.525. The molecule has 4 nitrogen and oxygen atoms in total. The zero-order chi connectivity index (χ0) is 13.6. The zero-order valence-corrected chi connectivity index (χ0v) is 11.6. The molecular formula is C13H9ClN2O2S. The van der Waals surface area contributed by atoms with E-state index in [0.717, 1.165) is 10.7 Å². The normalized spacial score (nSPS) is 14.1. The van der Waals surface area contributed by atoms with Crippen molar-refractivity contribution in [3.63, 3.8) is 0 Å². The monoisotopic (exact) mass is 292 g/mol. The number of nitrogens with zero attached hydrogens (tertiary/aromatic N) is 2. The Morgan fingerprint density at radius 2 is 2.16 bits per heavy atom. The highest BCUT2D eigenvalue weighted by Crippen LogP contribution is 2.32. The van der Waals surface area contributed by atoms with Crippen LogP contribution < -0.4 is 4.90 Å². The van der Waals surface area contributed by atoms with Gasteiger partial charge in [0.2, 0.25) is 0 Å². The van der Waals surface area contributed by atoms with E-state index in [0.29, 0.717) is 22.8 Å². The van der Waals surface area contributed by atoms with E-state index < -0.39 is 11.7 Å². The molecule has 0 atom stereocenters. The molecule has 96 valence electrons. The van der Waals surface area contributed by atoms with Crippen LogP contribution in [0, 0.1) is 6.92 Å². The Balaban J connectivity index is 2.01. The van der Waals surface area contributed by atoms with Gasteiger partial charge in [-0.1, -0.05) is 11.6 Å². The third-order valence-corrected chi connectivity index (χ3v) is 3.98. The smallest absolute Gasteiger partial charge is 0.299 e. The van der Waals surface area contributed by atoms with Gasteiger partial charge in [-0.15, -0.1) is 11.3 Å². The molecule has 3 rings (SSSR count). The fourth-order valence-electron chi connectivity index (χ4n) is 2.07. The van der Waals surface area contributed by atoms with Crippen molar-refractivity contribution in [2.75, 3.05) is 4.90 Å². The maximum Gasteiger partial charge on any atom is 0.299 e. The third kappa shape index (κ3) is 2.05. The van der Waals surface area contributed by atoms with Crippen molar-refractivity contribution in [3.05, 3.63) is 44.9 Å². The van der Waals surface area contributed by atoms with Crippen LogP contribution in [0.2, 0.25) is 5.02 Å². The minimum absolute atomic E-state index is 0.294. The predicted molar refractivity (Wildman–Crippen MR) is 73.8 cm³/mol. The molecule has 1 aliphatic heterocycles. The second-order valence-corrected chi connectivity index (χ2v) is 5.74. The summed E-state index contributed by atoms with van der Waals surface area (Å²) in [5.74, 6) is -1.01. The van der Waals surface area contributed by atoms with Crippen molar-refractivity contribution in [3.8, 4) is 0 Å². The molecule has 1 aromatic carbocycles. The summed E-state index contributed by atoms with van der Waals surface area (Å²) in [5, 5.41) is 3.32. The number of thiazole rings is 1. The van der Waals surface area contributed by atoms with Gasteiger partial charge < -0.3 is 0 Å². The number of aryl methyl sites for hydroxylation is 1. The molecule has 2 aromatic rings. The molecular weight excluding hydrogens is 284 g/mol. The molecule has 1 aliphatic rings. The number of benzene rings is 1. The molecule has 1 amide bonds. The lowest BCUT2D eigenvalue weighted by Crippen LogP contribution is -2.29. The first-order chi connectivity index (χ1) is 9.06. The van der Waals surface area contributed by atoms with Gasteiger partial charge in [0.1, 0.15) is 0 Å². The van der Waals surface area contributed by atoms with Crippen LogP contribution in [0.4, 0.5) is 5.69 Å². The lowest BCUT2D eigenvalue weighted by Gasteiger charge is -2.15. The number of Topliss-reactive ketones (excluding diaryl/α,β-unsaturated/α-hetero) is 1. The predicted octanol–water partition coefficient (Wildman–Crippen LogP) is 2.83. The second kappa shape index (κ2) is 4.43. The molecule has 0 fully saturated rings. The van der Waals surface area contributed by atoms with Gasteiger partial charge in [0, 0.05) is 10.4 Å². The van der Waals surface area contributed by atoms with E-state index >= 15 is 0 Å². The number of carbonyl (C=O) groups excluding carboxylic acids is 2. The molecule has 0 saturated carbocycles. The molecule has 0 unspecified atom stereocenters. The highest BCUT2D eigenvalue weighted by molar-refractivity contribution is 7.09. The number of ketones is 1. The summed E-state index contributed by atoms with van der Waals surface area (Å²) < 4.78 is 0. The molecule has 19 heavy (non-hydrogen) atoms. The van der Waals surface area contributed by atoms with E-state index in [1.54, 1.807) is 18.2 Å². The van der Waals surface area contributed by atoms with E-state index in [9.17, 15) is 9.59 Å². The second-order valence-electron chi connectivity index (χ2n) is 4.24. The number of halogens is 1. The molecule has 1 aromatic heterocycles. The maximum atomic E-state index is 12.0. The highest BCUT2D eigenvalue weighted by Gasteiger charge is 2.36. The van der Waals surface area contributed by atoms with Crippen LogP contribution in [-0.2, 0) is 11.3 Å². The number of fused-ring (bicyclic) bond motifs is 1. The Kier molecular flexibility index (Phi) is 2.88. The Labute approximate surface area is 118 Å². The maximum absolute atomic E-state index is 12.0. The van der Waals surface area contributed by atoms with E-state index in [1.165, 1.54) is 16.2 Å². The lowest BCUT2D eigenvalue weighted by atomic mass is 10.1. The summed E-state index contributed by atoms with van der Waals surface area (Å²) >= 11 is 7.44. The van der Waals surface area contributed by atoms with Gasteiger partial charge in [-0.3, -0.25) is 14.5 Å². The van der Waals surface area contributed by atoms with Crippen molar-refractivity contribution >= 4 is 40.3 Å². The molecule has 0 aliphatic carbocycles. The van der Waals surface area contributed by atoms with Crippen LogP contribution in [0.1, 0.15) is 21.1 Å². The van der Waals surface area contributed by atoms with Gasteiger partial charge in [-0.2, -0.15) is 0 Å². The number of rotatable bonds is 2. The number of anilines is 1. The lowest BCUT2D eigenvalue weighted by molar-refractivity contribution is -0.114. The van der Waals surface area contributed by atoms with Gasteiger partial charge >= 0.3 is 0 Å². The van der Waals surface area contributed by atoms with E-state index in [2.05, 4.69) is 4.98 Å². The first-order valence-corrected chi connectivity index (χ1v) is 6.89. The minimum Gasteiger partial charge on any atom is -0.299 e. The Morgan fingerprint density at radius 1 is 1.37 bits per heavy atom. The van der Waals surface area contributed by atoms with E-state index in [1.807, 2.05) is 12.3 Å². The average Bonchev–Trinajstić information content (AvgIpc) is 2.88. The Hall–Kier alpha value is -1.72. The number of carbonyl (C=O) groups is 2. The average molecular weight is 293 g/mol. The summed E-state index contributed by atoms with van der Waals surface area (Å²) in [6.45, 7) is 2.19. The third-order valence-electron chi connectivity index (χ3n) is 2.92. The summed E-state index contributed by atoms with van der Waals surface area (Å²) in [5.41, 5.74) is 1.74.